The van der Waals surface area contributed by atoms with Crippen molar-refractivity contribution < 1.29 is 14.7 Å². The zero-order chi connectivity index (χ0) is 13.7. The van der Waals surface area contributed by atoms with Crippen LogP contribution in [0.4, 0.5) is 5.69 Å². The van der Waals surface area contributed by atoms with Gasteiger partial charge in [-0.1, -0.05) is 0 Å². The van der Waals surface area contributed by atoms with Crippen molar-refractivity contribution in [2.45, 2.75) is 19.9 Å². The van der Waals surface area contributed by atoms with Gasteiger partial charge in [-0.2, -0.15) is 0 Å². The molecule has 1 amide bonds. The van der Waals surface area contributed by atoms with E-state index in [0.717, 1.165) is 0 Å². The quantitative estimate of drug-likeness (QED) is 0.806. The van der Waals surface area contributed by atoms with Gasteiger partial charge in [0, 0.05) is 19.3 Å². The number of hydrogen-bond acceptors (Lipinski definition) is 4. The third-order valence-electron chi connectivity index (χ3n) is 2.27. The molecule has 0 spiro atoms. The molecule has 2 N–H and O–H groups in total. The van der Waals surface area contributed by atoms with Crippen LogP contribution in [0.1, 0.15) is 24.2 Å². The summed E-state index contributed by atoms with van der Waals surface area (Å²) in [5.41, 5.74) is 0.550. The van der Waals surface area contributed by atoms with Crippen LogP contribution in [0, 0.1) is 0 Å². The van der Waals surface area contributed by atoms with Crippen molar-refractivity contribution in [1.82, 2.24) is 10.3 Å². The maximum Gasteiger partial charge on any atom is 0.337 e. The van der Waals surface area contributed by atoms with E-state index in [1.54, 1.807) is 11.9 Å². The van der Waals surface area contributed by atoms with Crippen molar-refractivity contribution in [3.63, 3.8) is 0 Å². The maximum atomic E-state index is 11.6. The number of carbonyl (C=O) groups excluding carboxylic acids is 1. The Morgan fingerprint density at radius 3 is 2.72 bits per heavy atom. The van der Waals surface area contributed by atoms with E-state index in [1.807, 2.05) is 13.8 Å². The number of carboxylic acids is 1. The molecule has 0 unspecified atom stereocenters. The van der Waals surface area contributed by atoms with Crippen LogP contribution in [0.2, 0.25) is 0 Å². The van der Waals surface area contributed by atoms with Crippen LogP contribution in [-0.2, 0) is 4.79 Å². The molecule has 0 fully saturated rings. The SMILES string of the molecule is CC(C)NC(=O)CN(C)c1cnccc1C(=O)O. The number of amides is 1. The van der Waals surface area contributed by atoms with Gasteiger partial charge >= 0.3 is 5.97 Å². The lowest BCUT2D eigenvalue weighted by atomic mass is 10.2. The molecule has 18 heavy (non-hydrogen) atoms. The van der Waals surface area contributed by atoms with E-state index in [-0.39, 0.29) is 24.1 Å². The number of aromatic nitrogens is 1. The Balaban J connectivity index is 2.81. The summed E-state index contributed by atoms with van der Waals surface area (Å²) >= 11 is 0. The van der Waals surface area contributed by atoms with Gasteiger partial charge in [-0.25, -0.2) is 4.79 Å². The van der Waals surface area contributed by atoms with Crippen molar-refractivity contribution in [2.75, 3.05) is 18.5 Å². The Labute approximate surface area is 106 Å². The van der Waals surface area contributed by atoms with Crippen molar-refractivity contribution in [3.8, 4) is 0 Å². The average molecular weight is 251 g/mol. The van der Waals surface area contributed by atoms with E-state index in [2.05, 4.69) is 10.3 Å². The van der Waals surface area contributed by atoms with E-state index in [0.29, 0.717) is 5.69 Å². The van der Waals surface area contributed by atoms with Crippen molar-refractivity contribution in [3.05, 3.63) is 24.0 Å². The van der Waals surface area contributed by atoms with Gasteiger partial charge in [-0.05, 0) is 19.9 Å². The van der Waals surface area contributed by atoms with Crippen LogP contribution in [0.15, 0.2) is 18.5 Å². The molecule has 0 aliphatic heterocycles. The highest BCUT2D eigenvalue weighted by Gasteiger charge is 2.15. The van der Waals surface area contributed by atoms with E-state index in [1.165, 1.54) is 18.5 Å². The summed E-state index contributed by atoms with van der Waals surface area (Å²) < 4.78 is 0. The molecule has 1 aromatic heterocycles. The van der Waals surface area contributed by atoms with E-state index in [9.17, 15) is 9.59 Å². The molecule has 6 heteroatoms. The summed E-state index contributed by atoms with van der Waals surface area (Å²) in [6.07, 6.45) is 2.85. The number of pyridine rings is 1. The van der Waals surface area contributed by atoms with Crippen LogP contribution >= 0.6 is 0 Å². The molecule has 1 aromatic rings. The first kappa shape index (κ1) is 14.0. The van der Waals surface area contributed by atoms with E-state index >= 15 is 0 Å². The van der Waals surface area contributed by atoms with Gasteiger partial charge in [0.25, 0.3) is 0 Å². The molecule has 0 atom stereocenters. The first-order valence-electron chi connectivity index (χ1n) is 5.59. The van der Waals surface area contributed by atoms with E-state index < -0.39 is 5.97 Å². The minimum absolute atomic E-state index is 0.0544. The molecule has 1 rings (SSSR count). The molecule has 6 nitrogen and oxygen atoms in total. The van der Waals surface area contributed by atoms with Gasteiger partial charge in [0.05, 0.1) is 24.0 Å². The van der Waals surface area contributed by atoms with Gasteiger partial charge in [-0.15, -0.1) is 0 Å². The highest BCUT2D eigenvalue weighted by Crippen LogP contribution is 2.17. The Morgan fingerprint density at radius 1 is 1.50 bits per heavy atom. The Morgan fingerprint density at radius 2 is 2.17 bits per heavy atom. The Bertz CT molecular complexity index is 446. The monoisotopic (exact) mass is 251 g/mol. The summed E-state index contributed by atoms with van der Waals surface area (Å²) in [6, 6.07) is 1.47. The van der Waals surface area contributed by atoms with Crippen molar-refractivity contribution >= 4 is 17.6 Å². The summed E-state index contributed by atoms with van der Waals surface area (Å²) in [6.45, 7) is 3.82. The molecule has 98 valence electrons. The molecular formula is C12H17N3O3. The smallest absolute Gasteiger partial charge is 0.337 e. The number of nitrogens with zero attached hydrogens (tertiary/aromatic N) is 2. The van der Waals surface area contributed by atoms with Crippen LogP contribution in [0.25, 0.3) is 0 Å². The molecule has 0 saturated carbocycles. The number of nitrogens with one attached hydrogen (secondary N) is 1. The maximum absolute atomic E-state index is 11.6. The fourth-order valence-corrected chi connectivity index (χ4v) is 1.54. The van der Waals surface area contributed by atoms with E-state index in [4.69, 9.17) is 5.11 Å². The number of carboxylic acid groups (broad SMARTS) is 1. The second-order valence-corrected chi connectivity index (χ2v) is 4.28. The topological polar surface area (TPSA) is 82.5 Å². The lowest BCUT2D eigenvalue weighted by Gasteiger charge is -2.20. The lowest BCUT2D eigenvalue weighted by molar-refractivity contribution is -0.120. The second kappa shape index (κ2) is 6.00. The summed E-state index contributed by atoms with van der Waals surface area (Å²) in [5, 5.41) is 11.8. The molecule has 0 saturated heterocycles. The molecule has 0 aromatic carbocycles. The predicted molar refractivity (Wildman–Crippen MR) is 67.7 cm³/mol. The van der Waals surface area contributed by atoms with Crippen LogP contribution in [0.5, 0.6) is 0 Å². The first-order valence-corrected chi connectivity index (χ1v) is 5.59. The number of hydrogen-bond donors (Lipinski definition) is 2. The normalized spacial score (nSPS) is 10.2. The molecule has 0 radical (unpaired) electrons. The first-order chi connectivity index (χ1) is 8.41. The second-order valence-electron chi connectivity index (χ2n) is 4.28. The fourth-order valence-electron chi connectivity index (χ4n) is 1.54. The average Bonchev–Trinajstić information content (AvgIpc) is 2.27. The Kier molecular flexibility index (Phi) is 4.65. The summed E-state index contributed by atoms with van der Waals surface area (Å²) in [5.74, 6) is -1.20. The summed E-state index contributed by atoms with van der Waals surface area (Å²) in [4.78, 5) is 28.1. The number of carbonyl (C=O) groups is 2. The Hall–Kier alpha value is -2.11. The lowest BCUT2D eigenvalue weighted by Crippen LogP contribution is -2.39. The number of rotatable bonds is 5. The highest BCUT2D eigenvalue weighted by molar-refractivity contribution is 5.95. The van der Waals surface area contributed by atoms with Crippen LogP contribution in [-0.4, -0.2) is 41.6 Å². The highest BCUT2D eigenvalue weighted by atomic mass is 16.4. The molecule has 1 heterocycles. The fraction of sp³-hybridized carbons (Fsp3) is 0.417. The largest absolute Gasteiger partial charge is 0.478 e. The van der Waals surface area contributed by atoms with Crippen molar-refractivity contribution in [2.24, 2.45) is 0 Å². The van der Waals surface area contributed by atoms with Crippen molar-refractivity contribution in [1.29, 1.82) is 0 Å². The number of aromatic carboxylic acids is 1. The van der Waals surface area contributed by atoms with Gasteiger partial charge < -0.3 is 15.3 Å². The number of anilines is 1. The summed E-state index contributed by atoms with van der Waals surface area (Å²) in [7, 11) is 1.66. The van der Waals surface area contributed by atoms with Gasteiger partial charge in [0.2, 0.25) is 5.91 Å². The predicted octanol–water partition coefficient (Wildman–Crippen LogP) is 0.741. The minimum Gasteiger partial charge on any atom is -0.478 e. The molecular weight excluding hydrogens is 234 g/mol. The van der Waals surface area contributed by atoms with Gasteiger partial charge in [0.15, 0.2) is 0 Å². The van der Waals surface area contributed by atoms with Crippen LogP contribution < -0.4 is 10.2 Å². The molecule has 0 aliphatic carbocycles. The number of likely N-dealkylation sites (N-methyl/N-ethyl adjacent to an activating group) is 1. The standard InChI is InChI=1S/C12H17N3O3/c1-8(2)14-11(16)7-15(3)10-6-13-5-4-9(10)12(17)18/h4-6,8H,7H2,1-3H3,(H,14,16)(H,17,18). The van der Waals surface area contributed by atoms with Crippen LogP contribution in [0.3, 0.4) is 0 Å². The third-order valence-corrected chi connectivity index (χ3v) is 2.27. The molecule has 0 aliphatic rings. The zero-order valence-corrected chi connectivity index (χ0v) is 10.7. The minimum atomic E-state index is -1.04. The zero-order valence-electron chi connectivity index (χ0n) is 10.7. The third kappa shape index (κ3) is 3.73. The molecule has 0 bridgehead atoms. The van der Waals surface area contributed by atoms with Gasteiger partial charge in [0.1, 0.15) is 0 Å². The van der Waals surface area contributed by atoms with Gasteiger partial charge in [-0.3, -0.25) is 9.78 Å².